The van der Waals surface area contributed by atoms with Gasteiger partial charge in [0, 0.05) is 25.2 Å². The molecule has 1 fully saturated rings. The van der Waals surface area contributed by atoms with Crippen molar-refractivity contribution in [2.24, 2.45) is 5.92 Å². The summed E-state index contributed by atoms with van der Waals surface area (Å²) in [6.45, 7) is 11.1. The van der Waals surface area contributed by atoms with Gasteiger partial charge in [-0.15, -0.1) is 0 Å². The zero-order chi connectivity index (χ0) is 22.1. The Hall–Kier alpha value is -2.48. The van der Waals surface area contributed by atoms with Crippen LogP contribution in [0.3, 0.4) is 0 Å². The fraction of sp³-hybridized carbons (Fsp3) is 0.652. The van der Waals surface area contributed by atoms with Crippen LogP contribution in [0.15, 0.2) is 17.1 Å². The minimum absolute atomic E-state index is 0.145. The van der Waals surface area contributed by atoms with Gasteiger partial charge in [-0.1, -0.05) is 13.8 Å². The summed E-state index contributed by atoms with van der Waals surface area (Å²) in [4.78, 5) is 33.4. The van der Waals surface area contributed by atoms with Crippen LogP contribution < -0.4 is 10.9 Å². The molecule has 0 aliphatic carbocycles. The van der Waals surface area contributed by atoms with Gasteiger partial charge >= 0.3 is 0 Å². The van der Waals surface area contributed by atoms with E-state index in [4.69, 9.17) is 4.98 Å². The molecule has 31 heavy (non-hydrogen) atoms. The quantitative estimate of drug-likeness (QED) is 0.794. The van der Waals surface area contributed by atoms with Gasteiger partial charge in [-0.2, -0.15) is 5.10 Å². The molecule has 8 nitrogen and oxygen atoms in total. The van der Waals surface area contributed by atoms with Crippen LogP contribution >= 0.6 is 0 Å². The topological polar surface area (TPSA) is 85.0 Å². The molecule has 8 heteroatoms. The third-order valence-corrected chi connectivity index (χ3v) is 6.59. The molecule has 1 saturated heterocycles. The molecular weight excluding hydrogens is 392 g/mol. The van der Waals surface area contributed by atoms with Crippen LogP contribution in [-0.4, -0.2) is 49.8 Å². The van der Waals surface area contributed by atoms with Gasteiger partial charge in [-0.05, 0) is 63.7 Å². The van der Waals surface area contributed by atoms with E-state index in [0.29, 0.717) is 24.6 Å². The van der Waals surface area contributed by atoms with Crippen molar-refractivity contribution in [3.63, 3.8) is 0 Å². The van der Waals surface area contributed by atoms with Crippen molar-refractivity contribution in [3.8, 4) is 0 Å². The second-order valence-electron chi connectivity index (χ2n) is 9.28. The van der Waals surface area contributed by atoms with Crippen LogP contribution in [0.4, 0.5) is 0 Å². The Kier molecular flexibility index (Phi) is 6.27. The number of pyridine rings is 1. The average molecular weight is 427 g/mol. The molecule has 168 valence electrons. The standard InChI is InChI=1S/C23H34N6O2/c1-15(2)5-6-19-25-21-17(4)27(13-14-29(21)26-19)22(30)20-16(3)9-12-28(23(20)31)18-7-10-24-11-8-18/h9,12,15,17-18,24H,5-8,10-11,13-14H2,1-4H3/t17-/m1/s1. The van der Waals surface area contributed by atoms with Crippen LogP contribution in [-0.2, 0) is 13.0 Å². The zero-order valence-electron chi connectivity index (χ0n) is 19.1. The Morgan fingerprint density at radius 2 is 2.00 bits per heavy atom. The maximum Gasteiger partial charge on any atom is 0.263 e. The predicted molar refractivity (Wildman–Crippen MR) is 119 cm³/mol. The lowest BCUT2D eigenvalue weighted by Gasteiger charge is -2.33. The highest BCUT2D eigenvalue weighted by atomic mass is 16.2. The van der Waals surface area contributed by atoms with Crippen molar-refractivity contribution in [1.29, 1.82) is 0 Å². The van der Waals surface area contributed by atoms with E-state index in [0.717, 1.165) is 56.0 Å². The van der Waals surface area contributed by atoms with E-state index in [2.05, 4.69) is 24.3 Å². The molecule has 1 amide bonds. The number of nitrogens with one attached hydrogen (secondary N) is 1. The van der Waals surface area contributed by atoms with Gasteiger partial charge < -0.3 is 14.8 Å². The molecule has 1 N–H and O–H groups in total. The maximum atomic E-state index is 13.6. The number of nitrogens with zero attached hydrogens (tertiary/aromatic N) is 5. The lowest BCUT2D eigenvalue weighted by Crippen LogP contribution is -2.45. The van der Waals surface area contributed by atoms with Gasteiger partial charge in [0.1, 0.15) is 11.4 Å². The lowest BCUT2D eigenvalue weighted by molar-refractivity contribution is 0.0627. The smallest absolute Gasteiger partial charge is 0.263 e. The Morgan fingerprint density at radius 1 is 1.26 bits per heavy atom. The van der Waals surface area contributed by atoms with E-state index in [-0.39, 0.29) is 23.6 Å². The fourth-order valence-electron chi connectivity index (χ4n) is 4.63. The van der Waals surface area contributed by atoms with Gasteiger partial charge in [0.25, 0.3) is 11.5 Å². The van der Waals surface area contributed by atoms with Crippen LogP contribution in [0.25, 0.3) is 0 Å². The van der Waals surface area contributed by atoms with Gasteiger partial charge in [0.2, 0.25) is 0 Å². The first-order valence-electron chi connectivity index (χ1n) is 11.5. The van der Waals surface area contributed by atoms with E-state index in [1.54, 1.807) is 9.47 Å². The van der Waals surface area contributed by atoms with E-state index in [1.165, 1.54) is 0 Å². The fourth-order valence-corrected chi connectivity index (χ4v) is 4.63. The number of aromatic nitrogens is 4. The number of piperidine rings is 1. The number of aryl methyl sites for hydroxylation is 2. The number of carbonyl (C=O) groups excluding carboxylic acids is 1. The van der Waals surface area contributed by atoms with Crippen LogP contribution in [0, 0.1) is 12.8 Å². The highest BCUT2D eigenvalue weighted by Crippen LogP contribution is 2.26. The molecule has 0 bridgehead atoms. The summed E-state index contributed by atoms with van der Waals surface area (Å²) in [5.74, 6) is 2.05. The average Bonchev–Trinajstić information content (AvgIpc) is 3.17. The highest BCUT2D eigenvalue weighted by Gasteiger charge is 2.33. The largest absolute Gasteiger partial charge is 0.327 e. The molecule has 0 aromatic carbocycles. The van der Waals surface area contributed by atoms with Crippen molar-refractivity contribution in [2.75, 3.05) is 19.6 Å². The molecule has 2 aliphatic rings. The normalized spacial score (nSPS) is 19.6. The Labute approximate surface area is 183 Å². The summed E-state index contributed by atoms with van der Waals surface area (Å²) in [6.07, 6.45) is 5.54. The van der Waals surface area contributed by atoms with E-state index in [1.807, 2.05) is 30.8 Å². The van der Waals surface area contributed by atoms with E-state index >= 15 is 0 Å². The first-order valence-corrected chi connectivity index (χ1v) is 11.5. The van der Waals surface area contributed by atoms with Crippen molar-refractivity contribution in [3.05, 3.63) is 45.4 Å². The molecule has 0 unspecified atom stereocenters. The Bertz CT molecular complexity index is 1000. The summed E-state index contributed by atoms with van der Waals surface area (Å²) in [6, 6.07) is 1.83. The molecule has 4 heterocycles. The minimum Gasteiger partial charge on any atom is -0.327 e. The number of rotatable bonds is 5. The molecule has 0 spiro atoms. The first kappa shape index (κ1) is 21.7. The van der Waals surface area contributed by atoms with E-state index < -0.39 is 0 Å². The molecule has 2 aromatic rings. The number of hydrogen-bond acceptors (Lipinski definition) is 5. The summed E-state index contributed by atoms with van der Waals surface area (Å²) in [7, 11) is 0. The Morgan fingerprint density at radius 3 is 2.71 bits per heavy atom. The molecule has 2 aliphatic heterocycles. The summed E-state index contributed by atoms with van der Waals surface area (Å²) < 4.78 is 3.69. The summed E-state index contributed by atoms with van der Waals surface area (Å²) in [5.41, 5.74) is 0.853. The molecule has 0 radical (unpaired) electrons. The third-order valence-electron chi connectivity index (χ3n) is 6.59. The summed E-state index contributed by atoms with van der Waals surface area (Å²) >= 11 is 0. The Balaban J connectivity index is 1.59. The molecular formula is C23H34N6O2. The second-order valence-corrected chi connectivity index (χ2v) is 9.28. The minimum atomic E-state index is -0.215. The lowest BCUT2D eigenvalue weighted by atomic mass is 10.0. The molecule has 4 rings (SSSR count). The molecule has 1 atom stereocenters. The van der Waals surface area contributed by atoms with E-state index in [9.17, 15) is 9.59 Å². The third kappa shape index (κ3) is 4.31. The van der Waals surface area contributed by atoms with Crippen molar-refractivity contribution < 1.29 is 4.79 Å². The van der Waals surface area contributed by atoms with Crippen LogP contribution in [0.1, 0.15) is 79.7 Å². The SMILES string of the molecule is Cc1ccn(C2CCNCC2)c(=O)c1C(=O)N1CCn2nc(CCC(C)C)nc2[C@H]1C. The highest BCUT2D eigenvalue weighted by molar-refractivity contribution is 5.95. The van der Waals surface area contributed by atoms with Gasteiger partial charge in [0.05, 0.1) is 12.6 Å². The van der Waals surface area contributed by atoms with Crippen molar-refractivity contribution in [1.82, 2.24) is 29.5 Å². The zero-order valence-corrected chi connectivity index (χ0v) is 19.1. The monoisotopic (exact) mass is 426 g/mol. The van der Waals surface area contributed by atoms with Crippen molar-refractivity contribution >= 4 is 5.91 Å². The van der Waals surface area contributed by atoms with Crippen LogP contribution in [0.2, 0.25) is 0 Å². The first-order chi connectivity index (χ1) is 14.9. The molecule has 2 aromatic heterocycles. The number of carbonyl (C=O) groups is 1. The maximum absolute atomic E-state index is 13.6. The second kappa shape index (κ2) is 8.94. The molecule has 0 saturated carbocycles. The summed E-state index contributed by atoms with van der Waals surface area (Å²) in [5, 5.41) is 7.98. The predicted octanol–water partition coefficient (Wildman–Crippen LogP) is 2.48. The number of hydrogen-bond donors (Lipinski definition) is 1. The van der Waals surface area contributed by atoms with Gasteiger partial charge in [0.15, 0.2) is 5.82 Å². The van der Waals surface area contributed by atoms with Gasteiger partial charge in [-0.25, -0.2) is 9.67 Å². The number of fused-ring (bicyclic) bond motifs is 1. The van der Waals surface area contributed by atoms with Crippen molar-refractivity contribution in [2.45, 2.75) is 72.0 Å². The van der Waals surface area contributed by atoms with Crippen LogP contribution in [0.5, 0.6) is 0 Å². The number of amides is 1. The van der Waals surface area contributed by atoms with Gasteiger partial charge in [-0.3, -0.25) is 9.59 Å².